The molecule has 1 heterocycles. The van der Waals surface area contributed by atoms with Crippen molar-refractivity contribution in [1.82, 2.24) is 20.1 Å². The van der Waals surface area contributed by atoms with Gasteiger partial charge in [-0.25, -0.2) is 0 Å². The number of anilines is 1. The highest BCUT2D eigenvalue weighted by Crippen LogP contribution is 2.23. The third-order valence-corrected chi connectivity index (χ3v) is 6.10. The maximum absolute atomic E-state index is 12.5. The minimum atomic E-state index is -0.424. The summed E-state index contributed by atoms with van der Waals surface area (Å²) in [4.78, 5) is 24.8. The van der Waals surface area contributed by atoms with Crippen LogP contribution in [0.2, 0.25) is 10.0 Å². The smallest absolute Gasteiger partial charge is 0.253 e. The average Bonchev–Trinajstić information content (AvgIpc) is 3.08. The fourth-order valence-electron chi connectivity index (χ4n) is 2.87. The third kappa shape index (κ3) is 5.78. The van der Waals surface area contributed by atoms with Crippen molar-refractivity contribution < 1.29 is 9.59 Å². The molecule has 1 atom stereocenters. The summed E-state index contributed by atoms with van der Waals surface area (Å²) in [6, 6.07) is 11.8. The van der Waals surface area contributed by atoms with E-state index in [0.717, 1.165) is 11.3 Å². The summed E-state index contributed by atoms with van der Waals surface area (Å²) in [5, 5.41) is 15.3. The van der Waals surface area contributed by atoms with Gasteiger partial charge in [0, 0.05) is 17.8 Å². The van der Waals surface area contributed by atoms with Crippen molar-refractivity contribution in [3.8, 4) is 0 Å². The van der Waals surface area contributed by atoms with Gasteiger partial charge < -0.3 is 15.2 Å². The Kier molecular flexibility index (Phi) is 7.59. The van der Waals surface area contributed by atoms with E-state index in [2.05, 4.69) is 20.8 Å². The van der Waals surface area contributed by atoms with Crippen LogP contribution >= 0.6 is 35.0 Å². The van der Waals surface area contributed by atoms with E-state index in [4.69, 9.17) is 23.2 Å². The number of hydrogen-bond donors (Lipinski definition) is 2. The first-order valence-electron chi connectivity index (χ1n) is 9.39. The Morgan fingerprint density at radius 3 is 2.61 bits per heavy atom. The summed E-state index contributed by atoms with van der Waals surface area (Å²) in [6.07, 6.45) is 0. The molecule has 2 amide bonds. The minimum Gasteiger partial charge on any atom is -0.342 e. The second kappa shape index (κ2) is 10.2. The number of amides is 2. The first kappa shape index (κ1) is 23.1. The number of thioether (sulfide) groups is 1. The van der Waals surface area contributed by atoms with Crippen molar-refractivity contribution in [1.29, 1.82) is 0 Å². The lowest BCUT2D eigenvalue weighted by Crippen LogP contribution is -2.28. The lowest BCUT2D eigenvalue weighted by Gasteiger charge is -2.14. The summed E-state index contributed by atoms with van der Waals surface area (Å²) in [6.45, 7) is 3.73. The standard InChI is InChI=1S/C21H21Cl2N5O2S/c1-12-6-4-5-7-17(12)25-18(29)11-31-21-27-26-19(28(21)3)13(2)24-20(30)15-9-8-14(22)10-16(15)23/h4-10,13H,11H2,1-3H3,(H,24,30)(H,25,29)/t13-/m1/s1. The van der Waals surface area contributed by atoms with Gasteiger partial charge in [0.1, 0.15) is 0 Å². The summed E-state index contributed by atoms with van der Waals surface area (Å²) < 4.78 is 1.75. The number of para-hydroxylation sites is 1. The molecule has 0 saturated heterocycles. The molecule has 3 rings (SSSR count). The van der Waals surface area contributed by atoms with Gasteiger partial charge in [-0.3, -0.25) is 9.59 Å². The Labute approximate surface area is 194 Å². The molecule has 0 radical (unpaired) electrons. The van der Waals surface area contributed by atoms with Gasteiger partial charge in [-0.15, -0.1) is 10.2 Å². The SMILES string of the molecule is Cc1ccccc1NC(=O)CSc1nnc([C@@H](C)NC(=O)c2ccc(Cl)cc2Cl)n1C. The van der Waals surface area contributed by atoms with Crippen molar-refractivity contribution in [2.24, 2.45) is 7.05 Å². The molecule has 10 heteroatoms. The van der Waals surface area contributed by atoms with Gasteiger partial charge in [-0.1, -0.05) is 53.2 Å². The van der Waals surface area contributed by atoms with Crippen LogP contribution in [0.4, 0.5) is 5.69 Å². The number of halogens is 2. The normalized spacial score (nSPS) is 11.8. The van der Waals surface area contributed by atoms with E-state index in [1.165, 1.54) is 17.8 Å². The van der Waals surface area contributed by atoms with Gasteiger partial charge in [-0.05, 0) is 43.7 Å². The van der Waals surface area contributed by atoms with E-state index in [1.807, 2.05) is 31.2 Å². The molecule has 0 aliphatic heterocycles. The number of aromatic nitrogens is 3. The lowest BCUT2D eigenvalue weighted by molar-refractivity contribution is -0.113. The molecule has 162 valence electrons. The molecular weight excluding hydrogens is 457 g/mol. The molecule has 0 bridgehead atoms. The van der Waals surface area contributed by atoms with E-state index >= 15 is 0 Å². The Balaban J connectivity index is 1.60. The molecule has 2 N–H and O–H groups in total. The molecule has 31 heavy (non-hydrogen) atoms. The Morgan fingerprint density at radius 1 is 1.16 bits per heavy atom. The molecular formula is C21H21Cl2N5O2S. The van der Waals surface area contributed by atoms with E-state index in [1.54, 1.807) is 30.7 Å². The number of carbonyl (C=O) groups excluding carboxylic acids is 2. The molecule has 0 aliphatic carbocycles. The molecule has 0 unspecified atom stereocenters. The summed E-state index contributed by atoms with van der Waals surface area (Å²) in [5.74, 6) is 0.258. The highest BCUT2D eigenvalue weighted by Gasteiger charge is 2.20. The van der Waals surface area contributed by atoms with Crippen molar-refractivity contribution in [2.45, 2.75) is 25.0 Å². The van der Waals surface area contributed by atoms with Crippen molar-refractivity contribution >= 4 is 52.5 Å². The van der Waals surface area contributed by atoms with Crippen LogP contribution in [0.1, 0.15) is 34.7 Å². The maximum atomic E-state index is 12.5. The van der Waals surface area contributed by atoms with Gasteiger partial charge in [-0.2, -0.15) is 0 Å². The topological polar surface area (TPSA) is 88.9 Å². The zero-order valence-corrected chi connectivity index (χ0v) is 19.5. The molecule has 2 aromatic carbocycles. The number of aryl methyl sites for hydroxylation is 1. The molecule has 0 spiro atoms. The van der Waals surface area contributed by atoms with Gasteiger partial charge in [0.2, 0.25) is 5.91 Å². The number of nitrogens with one attached hydrogen (secondary N) is 2. The second-order valence-corrected chi connectivity index (χ2v) is 8.66. The fraction of sp³-hybridized carbons (Fsp3) is 0.238. The highest BCUT2D eigenvalue weighted by molar-refractivity contribution is 7.99. The Morgan fingerprint density at radius 2 is 1.90 bits per heavy atom. The molecule has 0 saturated carbocycles. The monoisotopic (exact) mass is 477 g/mol. The van der Waals surface area contributed by atoms with Crippen LogP contribution < -0.4 is 10.6 Å². The van der Waals surface area contributed by atoms with E-state index < -0.39 is 6.04 Å². The third-order valence-electron chi connectivity index (χ3n) is 4.53. The first-order chi connectivity index (χ1) is 14.8. The number of benzene rings is 2. The van der Waals surface area contributed by atoms with E-state index in [-0.39, 0.29) is 22.6 Å². The molecule has 1 aromatic heterocycles. The fourth-order valence-corrected chi connectivity index (χ4v) is 4.08. The van der Waals surface area contributed by atoms with Crippen LogP contribution in [0.3, 0.4) is 0 Å². The number of rotatable bonds is 7. The Hall–Kier alpha value is -2.55. The largest absolute Gasteiger partial charge is 0.342 e. The van der Waals surface area contributed by atoms with Crippen LogP contribution in [-0.2, 0) is 11.8 Å². The van der Waals surface area contributed by atoms with Gasteiger partial charge in [0.25, 0.3) is 5.91 Å². The first-order valence-corrected chi connectivity index (χ1v) is 11.1. The van der Waals surface area contributed by atoms with E-state index in [9.17, 15) is 9.59 Å². The second-order valence-electron chi connectivity index (χ2n) is 6.87. The molecule has 3 aromatic rings. The highest BCUT2D eigenvalue weighted by atomic mass is 35.5. The number of hydrogen-bond acceptors (Lipinski definition) is 5. The summed E-state index contributed by atoms with van der Waals surface area (Å²) in [7, 11) is 1.79. The van der Waals surface area contributed by atoms with Crippen LogP contribution in [0.5, 0.6) is 0 Å². The van der Waals surface area contributed by atoms with Gasteiger partial charge in [0.15, 0.2) is 11.0 Å². The van der Waals surface area contributed by atoms with Crippen molar-refractivity contribution in [3.05, 3.63) is 69.5 Å². The number of nitrogens with zero attached hydrogens (tertiary/aromatic N) is 3. The maximum Gasteiger partial charge on any atom is 0.253 e. The van der Waals surface area contributed by atoms with Crippen LogP contribution in [0.15, 0.2) is 47.6 Å². The van der Waals surface area contributed by atoms with Crippen LogP contribution in [0, 0.1) is 6.92 Å². The predicted octanol–water partition coefficient (Wildman–Crippen LogP) is 4.65. The van der Waals surface area contributed by atoms with Crippen LogP contribution in [-0.4, -0.2) is 32.3 Å². The van der Waals surface area contributed by atoms with Gasteiger partial charge >= 0.3 is 0 Å². The van der Waals surface area contributed by atoms with Crippen molar-refractivity contribution in [2.75, 3.05) is 11.1 Å². The van der Waals surface area contributed by atoms with Crippen LogP contribution in [0.25, 0.3) is 0 Å². The quantitative estimate of drug-likeness (QED) is 0.483. The van der Waals surface area contributed by atoms with Crippen molar-refractivity contribution in [3.63, 3.8) is 0 Å². The minimum absolute atomic E-state index is 0.136. The molecule has 0 aliphatic rings. The zero-order valence-electron chi connectivity index (χ0n) is 17.1. The zero-order chi connectivity index (χ0) is 22.5. The predicted molar refractivity (Wildman–Crippen MR) is 124 cm³/mol. The summed E-state index contributed by atoms with van der Waals surface area (Å²) >= 11 is 13.3. The number of carbonyl (C=O) groups is 2. The van der Waals surface area contributed by atoms with Gasteiger partial charge in [0.05, 0.1) is 22.4 Å². The van der Waals surface area contributed by atoms with E-state index in [0.29, 0.717) is 21.6 Å². The lowest BCUT2D eigenvalue weighted by atomic mass is 10.2. The molecule has 0 fully saturated rings. The summed E-state index contributed by atoms with van der Waals surface area (Å²) in [5.41, 5.74) is 2.10. The average molecular weight is 478 g/mol. The molecule has 7 nitrogen and oxygen atoms in total. The Bertz CT molecular complexity index is 1120.